The molecule has 2 nitrogen and oxygen atoms in total. The number of nitrogens with one attached hydrogen (secondary N) is 1. The first kappa shape index (κ1) is 12.5. The Kier molecular flexibility index (Phi) is 3.17. The topological polar surface area (TPSA) is 36.0 Å². The average molecular weight is 316 g/mol. The van der Waals surface area contributed by atoms with E-state index in [-0.39, 0.29) is 0 Å². The molecule has 2 aromatic carbocycles. The predicted octanol–water partition coefficient (Wildman–Crippen LogP) is 4.32. The van der Waals surface area contributed by atoms with Crippen molar-refractivity contribution in [1.82, 2.24) is 4.98 Å². The zero-order valence-electron chi connectivity index (χ0n) is 10.5. The van der Waals surface area contributed by atoms with Crippen LogP contribution in [0.3, 0.4) is 0 Å². The molecule has 2 N–H and O–H groups in total. The lowest BCUT2D eigenvalue weighted by atomic mass is 9.98. The van der Waals surface area contributed by atoms with Crippen LogP contribution in [0, 0.1) is 6.92 Å². The van der Waals surface area contributed by atoms with Crippen LogP contribution in [0.4, 0.5) is 0 Å². The number of aliphatic hydroxyl groups is 1. The normalized spacial score (nSPS) is 12.8. The van der Waals surface area contributed by atoms with Crippen LogP contribution in [0.2, 0.25) is 0 Å². The lowest BCUT2D eigenvalue weighted by Crippen LogP contribution is -2.01. The van der Waals surface area contributed by atoms with Gasteiger partial charge in [-0.15, -0.1) is 0 Å². The van der Waals surface area contributed by atoms with Crippen molar-refractivity contribution in [3.63, 3.8) is 0 Å². The molecule has 1 heterocycles. The highest BCUT2D eigenvalue weighted by Crippen LogP contribution is 2.32. The van der Waals surface area contributed by atoms with Gasteiger partial charge in [0.05, 0.1) is 0 Å². The lowest BCUT2D eigenvalue weighted by Gasteiger charge is -2.15. The number of hydrogen-bond donors (Lipinski definition) is 2. The Morgan fingerprint density at radius 2 is 1.95 bits per heavy atom. The molecule has 1 aromatic heterocycles. The molecule has 96 valence electrons. The Labute approximate surface area is 120 Å². The van der Waals surface area contributed by atoms with Gasteiger partial charge in [0.2, 0.25) is 0 Å². The molecule has 1 unspecified atom stereocenters. The Balaban J connectivity index is 2.13. The summed E-state index contributed by atoms with van der Waals surface area (Å²) in [6.07, 6.45) is 1.26. The fourth-order valence-corrected chi connectivity index (χ4v) is 3.08. The molecule has 0 amide bonds. The minimum Gasteiger partial charge on any atom is -0.384 e. The number of hydrogen-bond acceptors (Lipinski definition) is 1. The van der Waals surface area contributed by atoms with Crippen LogP contribution in [-0.4, -0.2) is 10.1 Å². The first-order valence-corrected chi connectivity index (χ1v) is 6.96. The number of aryl methyl sites for hydroxylation is 1. The van der Waals surface area contributed by atoms with Gasteiger partial charge in [-0.3, -0.25) is 0 Å². The van der Waals surface area contributed by atoms with Crippen molar-refractivity contribution in [1.29, 1.82) is 0 Å². The number of aromatic nitrogens is 1. The number of rotatable bonds is 2. The van der Waals surface area contributed by atoms with E-state index in [1.54, 1.807) is 0 Å². The van der Waals surface area contributed by atoms with Crippen molar-refractivity contribution in [2.24, 2.45) is 0 Å². The van der Waals surface area contributed by atoms with Crippen LogP contribution in [0.25, 0.3) is 10.9 Å². The number of benzene rings is 2. The highest BCUT2D eigenvalue weighted by Gasteiger charge is 2.16. The van der Waals surface area contributed by atoms with Crippen LogP contribution in [0.1, 0.15) is 22.8 Å². The minimum atomic E-state index is -0.630. The zero-order chi connectivity index (χ0) is 13.4. The number of H-pyrrole nitrogens is 1. The Hall–Kier alpha value is -1.58. The molecule has 0 aliphatic rings. The highest BCUT2D eigenvalue weighted by molar-refractivity contribution is 9.10. The maximum Gasteiger partial charge on any atom is 0.106 e. The van der Waals surface area contributed by atoms with E-state index in [2.05, 4.69) is 20.9 Å². The van der Waals surface area contributed by atoms with E-state index in [1.807, 2.05) is 55.6 Å². The number of aromatic amines is 1. The summed E-state index contributed by atoms with van der Waals surface area (Å²) in [5, 5.41) is 11.7. The quantitative estimate of drug-likeness (QED) is 0.726. The van der Waals surface area contributed by atoms with Gasteiger partial charge in [-0.1, -0.05) is 40.2 Å². The Morgan fingerprint density at radius 3 is 2.74 bits per heavy atom. The van der Waals surface area contributed by atoms with E-state index >= 15 is 0 Å². The third-order valence-corrected chi connectivity index (χ3v) is 4.06. The summed E-state index contributed by atoms with van der Waals surface area (Å²) in [7, 11) is 0. The van der Waals surface area contributed by atoms with Gasteiger partial charge in [0.15, 0.2) is 0 Å². The maximum absolute atomic E-state index is 10.6. The minimum absolute atomic E-state index is 0.630. The van der Waals surface area contributed by atoms with Crippen LogP contribution in [0.5, 0.6) is 0 Å². The third-order valence-electron chi connectivity index (χ3n) is 3.37. The molecule has 0 aliphatic carbocycles. The largest absolute Gasteiger partial charge is 0.384 e. The van der Waals surface area contributed by atoms with Crippen molar-refractivity contribution in [3.8, 4) is 0 Å². The summed E-state index contributed by atoms with van der Waals surface area (Å²) in [6, 6.07) is 13.9. The molecule has 0 saturated heterocycles. The molecule has 3 heteroatoms. The van der Waals surface area contributed by atoms with Gasteiger partial charge < -0.3 is 10.1 Å². The van der Waals surface area contributed by atoms with Gasteiger partial charge in [0.1, 0.15) is 6.10 Å². The zero-order valence-corrected chi connectivity index (χ0v) is 12.1. The summed E-state index contributed by atoms with van der Waals surface area (Å²) in [4.78, 5) is 3.17. The lowest BCUT2D eigenvalue weighted by molar-refractivity contribution is 0.221. The van der Waals surface area contributed by atoms with Gasteiger partial charge in [0, 0.05) is 21.6 Å². The highest BCUT2D eigenvalue weighted by atomic mass is 79.9. The summed E-state index contributed by atoms with van der Waals surface area (Å²) in [5.74, 6) is 0. The SMILES string of the molecule is Cc1ccc(C(O)c2cccc3[nH]ccc23)c(Br)c1. The van der Waals surface area contributed by atoms with Gasteiger partial charge >= 0.3 is 0 Å². The van der Waals surface area contributed by atoms with E-state index in [1.165, 1.54) is 5.56 Å². The molecular formula is C16H14BrNO. The molecule has 0 radical (unpaired) electrons. The molecule has 0 spiro atoms. The molecule has 0 aliphatic heterocycles. The van der Waals surface area contributed by atoms with E-state index < -0.39 is 6.10 Å². The molecule has 0 saturated carbocycles. The van der Waals surface area contributed by atoms with Crippen LogP contribution >= 0.6 is 15.9 Å². The van der Waals surface area contributed by atoms with Gasteiger partial charge in [-0.25, -0.2) is 0 Å². The molecule has 3 aromatic rings. The van der Waals surface area contributed by atoms with Crippen LogP contribution in [-0.2, 0) is 0 Å². The molecule has 0 fully saturated rings. The molecule has 1 atom stereocenters. The second kappa shape index (κ2) is 4.83. The van der Waals surface area contributed by atoms with Crippen molar-refractivity contribution in [3.05, 3.63) is 69.8 Å². The third kappa shape index (κ3) is 2.20. The summed E-state index contributed by atoms with van der Waals surface area (Å²) in [6.45, 7) is 2.04. The van der Waals surface area contributed by atoms with Crippen LogP contribution in [0.15, 0.2) is 53.1 Å². The fraction of sp³-hybridized carbons (Fsp3) is 0.125. The first-order valence-electron chi connectivity index (χ1n) is 6.17. The maximum atomic E-state index is 10.6. The molecule has 0 bridgehead atoms. The second-order valence-electron chi connectivity index (χ2n) is 4.71. The monoisotopic (exact) mass is 315 g/mol. The van der Waals surface area contributed by atoms with Crippen LogP contribution < -0.4 is 0 Å². The molecular weight excluding hydrogens is 302 g/mol. The number of halogens is 1. The van der Waals surface area contributed by atoms with E-state index in [0.717, 1.165) is 26.5 Å². The van der Waals surface area contributed by atoms with Crippen molar-refractivity contribution in [2.75, 3.05) is 0 Å². The Morgan fingerprint density at radius 1 is 1.11 bits per heavy atom. The van der Waals surface area contributed by atoms with Gasteiger partial charge in [-0.05, 0) is 41.8 Å². The second-order valence-corrected chi connectivity index (χ2v) is 5.57. The standard InChI is InChI=1S/C16H14BrNO/c1-10-5-6-13(14(17)9-10)16(19)12-3-2-4-15-11(12)7-8-18-15/h2-9,16,18-19H,1H3. The Bertz CT molecular complexity index is 732. The molecule has 19 heavy (non-hydrogen) atoms. The number of aliphatic hydroxyl groups excluding tert-OH is 1. The fourth-order valence-electron chi connectivity index (χ4n) is 2.37. The predicted molar refractivity (Wildman–Crippen MR) is 81.2 cm³/mol. The summed E-state index contributed by atoms with van der Waals surface area (Å²) < 4.78 is 0.938. The number of fused-ring (bicyclic) bond motifs is 1. The summed E-state index contributed by atoms with van der Waals surface area (Å²) in [5.41, 5.74) is 4.02. The summed E-state index contributed by atoms with van der Waals surface area (Å²) >= 11 is 3.53. The van der Waals surface area contributed by atoms with E-state index in [4.69, 9.17) is 0 Å². The van der Waals surface area contributed by atoms with Gasteiger partial charge in [0.25, 0.3) is 0 Å². The van der Waals surface area contributed by atoms with Crippen molar-refractivity contribution < 1.29 is 5.11 Å². The molecule has 3 rings (SSSR count). The first-order chi connectivity index (χ1) is 9.16. The van der Waals surface area contributed by atoms with E-state index in [0.29, 0.717) is 0 Å². The van der Waals surface area contributed by atoms with E-state index in [9.17, 15) is 5.11 Å². The van der Waals surface area contributed by atoms with Gasteiger partial charge in [-0.2, -0.15) is 0 Å². The van der Waals surface area contributed by atoms with Crippen molar-refractivity contribution in [2.45, 2.75) is 13.0 Å². The average Bonchev–Trinajstić information content (AvgIpc) is 2.86. The smallest absolute Gasteiger partial charge is 0.106 e. The van der Waals surface area contributed by atoms with Crippen molar-refractivity contribution >= 4 is 26.8 Å².